The van der Waals surface area contributed by atoms with Crippen LogP contribution in [0, 0.1) is 17.5 Å². The van der Waals surface area contributed by atoms with Gasteiger partial charge in [-0.05, 0) is 34.1 Å². The van der Waals surface area contributed by atoms with Crippen LogP contribution in [0.1, 0.15) is 10.4 Å². The Morgan fingerprint density at radius 2 is 1.72 bits per heavy atom. The molecule has 18 heavy (non-hydrogen) atoms. The minimum absolute atomic E-state index is 0.0396. The van der Waals surface area contributed by atoms with Gasteiger partial charge in [-0.15, -0.1) is 0 Å². The highest BCUT2D eigenvalue weighted by molar-refractivity contribution is 9.10. The van der Waals surface area contributed by atoms with Crippen LogP contribution in [-0.2, 0) is 0 Å². The van der Waals surface area contributed by atoms with Gasteiger partial charge in [0.2, 0.25) is 0 Å². The van der Waals surface area contributed by atoms with E-state index in [1.54, 1.807) is 0 Å². The summed E-state index contributed by atoms with van der Waals surface area (Å²) in [7, 11) is 0. The number of carbonyl (C=O) groups is 1. The molecule has 0 saturated heterocycles. The molecular weight excluding hydrogens is 309 g/mol. The van der Waals surface area contributed by atoms with Crippen LogP contribution in [0.3, 0.4) is 0 Å². The van der Waals surface area contributed by atoms with Crippen molar-refractivity contribution in [1.82, 2.24) is 0 Å². The lowest BCUT2D eigenvalue weighted by molar-refractivity contribution is 0.112. The molecule has 0 aliphatic heterocycles. The number of hydrogen-bond donors (Lipinski definition) is 0. The average molecular weight is 315 g/mol. The Balaban J connectivity index is 2.69. The van der Waals surface area contributed by atoms with E-state index >= 15 is 0 Å². The summed E-state index contributed by atoms with van der Waals surface area (Å²) in [5.74, 6) is -2.60. The Morgan fingerprint density at radius 3 is 2.33 bits per heavy atom. The van der Waals surface area contributed by atoms with Crippen molar-refractivity contribution in [1.29, 1.82) is 0 Å². The van der Waals surface area contributed by atoms with Gasteiger partial charge in [0.1, 0.15) is 23.7 Å². The Kier molecular flexibility index (Phi) is 3.52. The molecule has 0 aliphatic rings. The number of halogens is 4. The van der Waals surface area contributed by atoms with Crippen LogP contribution in [0.5, 0.6) is 0 Å². The van der Waals surface area contributed by atoms with Crippen molar-refractivity contribution in [3.63, 3.8) is 0 Å². The van der Waals surface area contributed by atoms with E-state index in [4.69, 9.17) is 0 Å². The molecule has 0 heterocycles. The number of hydrogen-bond acceptors (Lipinski definition) is 1. The monoisotopic (exact) mass is 314 g/mol. The lowest BCUT2D eigenvalue weighted by atomic mass is 10.0. The summed E-state index contributed by atoms with van der Waals surface area (Å²) in [4.78, 5) is 10.5. The fourth-order valence-electron chi connectivity index (χ4n) is 1.58. The van der Waals surface area contributed by atoms with E-state index in [-0.39, 0.29) is 15.6 Å². The van der Waals surface area contributed by atoms with Gasteiger partial charge in [0, 0.05) is 11.1 Å². The van der Waals surface area contributed by atoms with E-state index in [1.165, 1.54) is 18.2 Å². The molecule has 2 aromatic rings. The second-order valence-electron chi connectivity index (χ2n) is 3.58. The standard InChI is InChI=1S/C13H6BrF3O/c14-9-3-4-10(15)12(13(9)17)8-2-1-7(6-18)5-11(8)16/h1-6H. The van der Waals surface area contributed by atoms with E-state index in [0.29, 0.717) is 6.29 Å². The molecule has 0 spiro atoms. The van der Waals surface area contributed by atoms with Crippen molar-refractivity contribution < 1.29 is 18.0 Å². The minimum atomic E-state index is -0.882. The van der Waals surface area contributed by atoms with Gasteiger partial charge < -0.3 is 0 Å². The highest BCUT2D eigenvalue weighted by atomic mass is 79.9. The van der Waals surface area contributed by atoms with Gasteiger partial charge in [-0.2, -0.15) is 0 Å². The van der Waals surface area contributed by atoms with Gasteiger partial charge >= 0.3 is 0 Å². The second kappa shape index (κ2) is 4.94. The molecule has 0 saturated carbocycles. The summed E-state index contributed by atoms with van der Waals surface area (Å²) in [6, 6.07) is 5.64. The second-order valence-corrected chi connectivity index (χ2v) is 4.43. The Labute approximate surface area is 109 Å². The lowest BCUT2D eigenvalue weighted by Gasteiger charge is -2.08. The van der Waals surface area contributed by atoms with E-state index in [2.05, 4.69) is 15.9 Å². The largest absolute Gasteiger partial charge is 0.298 e. The van der Waals surface area contributed by atoms with Gasteiger partial charge in [0.05, 0.1) is 10.0 Å². The molecule has 5 heteroatoms. The first-order valence-electron chi connectivity index (χ1n) is 4.93. The summed E-state index contributed by atoms with van der Waals surface area (Å²) in [5, 5.41) is 0. The van der Waals surface area contributed by atoms with Crippen molar-refractivity contribution in [3.05, 3.63) is 57.8 Å². The van der Waals surface area contributed by atoms with Gasteiger partial charge in [0.15, 0.2) is 0 Å². The van der Waals surface area contributed by atoms with Gasteiger partial charge in [-0.1, -0.05) is 12.1 Å². The highest BCUT2D eigenvalue weighted by Crippen LogP contribution is 2.32. The van der Waals surface area contributed by atoms with Crippen LogP contribution in [0.25, 0.3) is 11.1 Å². The van der Waals surface area contributed by atoms with Crippen molar-refractivity contribution in [3.8, 4) is 11.1 Å². The van der Waals surface area contributed by atoms with Crippen LogP contribution < -0.4 is 0 Å². The molecule has 2 rings (SSSR count). The summed E-state index contributed by atoms with van der Waals surface area (Å²) in [6.07, 6.45) is 0.459. The molecule has 0 bridgehead atoms. The SMILES string of the molecule is O=Cc1ccc(-c2c(F)ccc(Br)c2F)c(F)c1. The first-order chi connectivity index (χ1) is 8.54. The molecular formula is C13H6BrF3O. The molecule has 0 radical (unpaired) electrons. The summed E-state index contributed by atoms with van der Waals surface area (Å²) < 4.78 is 41.1. The van der Waals surface area contributed by atoms with Gasteiger partial charge in [-0.25, -0.2) is 13.2 Å². The molecule has 2 aromatic carbocycles. The maximum Gasteiger partial charge on any atom is 0.150 e. The van der Waals surface area contributed by atoms with Crippen molar-refractivity contribution in [2.75, 3.05) is 0 Å². The van der Waals surface area contributed by atoms with Crippen LogP contribution in [0.2, 0.25) is 0 Å². The van der Waals surface area contributed by atoms with E-state index in [0.717, 1.165) is 12.1 Å². The topological polar surface area (TPSA) is 17.1 Å². The predicted molar refractivity (Wildman–Crippen MR) is 64.8 cm³/mol. The third-order valence-electron chi connectivity index (χ3n) is 2.44. The molecule has 92 valence electrons. The number of carbonyl (C=O) groups excluding carboxylic acids is 1. The van der Waals surface area contributed by atoms with E-state index < -0.39 is 23.0 Å². The van der Waals surface area contributed by atoms with E-state index in [9.17, 15) is 18.0 Å². The highest BCUT2D eigenvalue weighted by Gasteiger charge is 2.17. The minimum Gasteiger partial charge on any atom is -0.298 e. The summed E-state index contributed by atoms with van der Waals surface area (Å²) >= 11 is 2.91. The molecule has 0 fully saturated rings. The maximum absolute atomic E-state index is 13.8. The zero-order valence-electron chi connectivity index (χ0n) is 8.88. The molecule has 0 aliphatic carbocycles. The van der Waals surface area contributed by atoms with Crippen molar-refractivity contribution in [2.24, 2.45) is 0 Å². The fourth-order valence-corrected chi connectivity index (χ4v) is 1.91. The average Bonchev–Trinajstić information content (AvgIpc) is 2.36. The lowest BCUT2D eigenvalue weighted by Crippen LogP contribution is -1.95. The van der Waals surface area contributed by atoms with Crippen molar-refractivity contribution in [2.45, 2.75) is 0 Å². The Bertz CT molecular complexity index is 626. The third kappa shape index (κ3) is 2.18. The molecule has 0 unspecified atom stereocenters. The zero-order valence-corrected chi connectivity index (χ0v) is 10.5. The predicted octanol–water partition coefficient (Wildman–Crippen LogP) is 4.35. The molecule has 0 N–H and O–H groups in total. The molecule has 0 atom stereocenters. The smallest absolute Gasteiger partial charge is 0.150 e. The van der Waals surface area contributed by atoms with Crippen LogP contribution >= 0.6 is 15.9 Å². The summed E-state index contributed by atoms with van der Waals surface area (Å²) in [6.45, 7) is 0. The van der Waals surface area contributed by atoms with E-state index in [1.807, 2.05) is 0 Å². The van der Waals surface area contributed by atoms with Gasteiger partial charge in [0.25, 0.3) is 0 Å². The number of rotatable bonds is 2. The number of benzene rings is 2. The van der Waals surface area contributed by atoms with Crippen LogP contribution in [0.4, 0.5) is 13.2 Å². The zero-order chi connectivity index (χ0) is 13.3. The van der Waals surface area contributed by atoms with Crippen molar-refractivity contribution >= 4 is 22.2 Å². The first-order valence-corrected chi connectivity index (χ1v) is 5.72. The maximum atomic E-state index is 13.8. The normalized spacial score (nSPS) is 10.4. The fraction of sp³-hybridized carbons (Fsp3) is 0. The van der Waals surface area contributed by atoms with Crippen LogP contribution in [0.15, 0.2) is 34.8 Å². The number of aldehydes is 1. The quantitative estimate of drug-likeness (QED) is 0.595. The first kappa shape index (κ1) is 12.8. The third-order valence-corrected chi connectivity index (χ3v) is 3.05. The Morgan fingerprint density at radius 1 is 1.00 bits per heavy atom. The Hall–Kier alpha value is -1.62. The van der Waals surface area contributed by atoms with Crippen LogP contribution in [-0.4, -0.2) is 6.29 Å². The van der Waals surface area contributed by atoms with Gasteiger partial charge in [-0.3, -0.25) is 4.79 Å². The molecule has 0 aromatic heterocycles. The molecule has 1 nitrogen and oxygen atoms in total. The summed E-state index contributed by atoms with van der Waals surface area (Å²) in [5.41, 5.74) is -0.580. The molecule has 0 amide bonds.